The molecule has 1 saturated carbocycles. The predicted molar refractivity (Wildman–Crippen MR) is 180 cm³/mol. The van der Waals surface area contributed by atoms with E-state index in [1.807, 2.05) is 0 Å². The molecule has 0 aliphatic heterocycles. The van der Waals surface area contributed by atoms with Crippen LogP contribution in [0, 0.1) is 40.9 Å². The maximum atomic E-state index is 4.95. The summed E-state index contributed by atoms with van der Waals surface area (Å²) in [5, 5.41) is 0. The summed E-state index contributed by atoms with van der Waals surface area (Å²) in [7, 11) is 0. The zero-order valence-corrected chi connectivity index (χ0v) is 28.2. The van der Waals surface area contributed by atoms with Gasteiger partial charge in [0.1, 0.15) is 0 Å². The molecule has 0 bridgehead atoms. The Hall–Kier alpha value is -2.08. The van der Waals surface area contributed by atoms with Crippen LogP contribution in [0.15, 0.2) is 65.3 Å². The van der Waals surface area contributed by atoms with Crippen molar-refractivity contribution in [2.45, 2.75) is 127 Å². The van der Waals surface area contributed by atoms with E-state index in [2.05, 4.69) is 87.9 Å². The first-order valence-electron chi connectivity index (χ1n) is 16.7. The van der Waals surface area contributed by atoms with Crippen LogP contribution in [0.25, 0.3) is 5.57 Å². The topological polar surface area (TPSA) is 0 Å². The molecule has 4 aliphatic carbocycles. The lowest BCUT2D eigenvalue weighted by atomic mass is 9.36. The molecule has 0 N–H and O–H groups in total. The summed E-state index contributed by atoms with van der Waals surface area (Å²) >= 11 is 0. The summed E-state index contributed by atoms with van der Waals surface area (Å²) in [6.07, 6.45) is 10.7. The van der Waals surface area contributed by atoms with Gasteiger partial charge in [0.15, 0.2) is 0 Å². The van der Waals surface area contributed by atoms with Crippen LogP contribution in [0.5, 0.6) is 0 Å². The first-order chi connectivity index (χ1) is 19.2. The van der Waals surface area contributed by atoms with Gasteiger partial charge in [0.05, 0.1) is 0 Å². The van der Waals surface area contributed by atoms with Crippen molar-refractivity contribution in [3.63, 3.8) is 0 Å². The van der Waals surface area contributed by atoms with Gasteiger partial charge in [0, 0.05) is 10.8 Å². The standard InChI is InChI=1S/C41H58/c1-14-15-32-16-18-33(19-17-32)22-34-20-21-35-28(7)40(12)31(10)39(11)23-25(4)36(24(2)3)29(8)41(39,13)30(9)38(40)27(6)37(35)26(34)5/h20-21,28,31-33H,2,6,8,14-19,22-23H2,1,3-5,7,9-13H3/t28?,31-,32?,33?,39-,40+,41+/m0/s1. The van der Waals surface area contributed by atoms with Gasteiger partial charge < -0.3 is 0 Å². The van der Waals surface area contributed by atoms with Crippen molar-refractivity contribution in [1.29, 1.82) is 0 Å². The normalized spacial score (nSPS) is 37.1. The lowest BCUT2D eigenvalue weighted by Crippen LogP contribution is -2.58. The molecule has 0 radical (unpaired) electrons. The fourth-order valence-corrected chi connectivity index (χ4v) is 10.9. The third-order valence-electron chi connectivity index (χ3n) is 13.8. The van der Waals surface area contributed by atoms with Crippen molar-refractivity contribution in [1.82, 2.24) is 0 Å². The van der Waals surface area contributed by atoms with E-state index in [4.69, 9.17) is 13.2 Å². The van der Waals surface area contributed by atoms with Gasteiger partial charge in [-0.05, 0) is 127 Å². The molecule has 1 aromatic rings. The minimum atomic E-state index is -0.127. The monoisotopic (exact) mass is 550 g/mol. The summed E-state index contributed by atoms with van der Waals surface area (Å²) in [5.74, 6) is 2.70. The molecule has 0 saturated heterocycles. The lowest BCUT2D eigenvalue weighted by Gasteiger charge is -2.67. The summed E-state index contributed by atoms with van der Waals surface area (Å²) < 4.78 is 0. The number of hydrogen-bond acceptors (Lipinski definition) is 0. The van der Waals surface area contributed by atoms with E-state index in [1.165, 1.54) is 95.1 Å². The summed E-state index contributed by atoms with van der Waals surface area (Å²) in [6, 6.07) is 5.00. The van der Waals surface area contributed by atoms with Gasteiger partial charge in [-0.2, -0.15) is 0 Å². The molecule has 0 nitrogen and oxygen atoms in total. The Morgan fingerprint density at radius 2 is 1.56 bits per heavy atom. The van der Waals surface area contributed by atoms with Crippen LogP contribution < -0.4 is 0 Å². The molecule has 1 aromatic carbocycles. The highest BCUT2D eigenvalue weighted by Gasteiger charge is 2.64. The smallest absolute Gasteiger partial charge is 0.0196 e. The molecule has 0 heterocycles. The molecule has 1 fully saturated rings. The average Bonchev–Trinajstić information content (AvgIpc) is 2.91. The van der Waals surface area contributed by atoms with Crippen LogP contribution in [-0.4, -0.2) is 0 Å². The maximum Gasteiger partial charge on any atom is 0.0196 e. The van der Waals surface area contributed by atoms with Crippen molar-refractivity contribution in [3.05, 3.63) is 87.6 Å². The van der Waals surface area contributed by atoms with Gasteiger partial charge in [-0.1, -0.05) is 116 Å². The zero-order chi connectivity index (χ0) is 30.2. The summed E-state index contributed by atoms with van der Waals surface area (Å²) in [4.78, 5) is 0. The molecule has 1 unspecified atom stereocenters. The first-order valence-corrected chi connectivity index (χ1v) is 16.7. The molecule has 5 atom stereocenters. The molecule has 0 aromatic heterocycles. The molecule has 222 valence electrons. The third-order valence-corrected chi connectivity index (χ3v) is 13.8. The minimum absolute atomic E-state index is 0.0231. The average molecular weight is 551 g/mol. The Labute approximate surface area is 253 Å². The van der Waals surface area contributed by atoms with Crippen molar-refractivity contribution >= 4 is 5.57 Å². The Morgan fingerprint density at radius 3 is 2.15 bits per heavy atom. The van der Waals surface area contributed by atoms with E-state index >= 15 is 0 Å². The largest absolute Gasteiger partial charge is 0.0955 e. The maximum absolute atomic E-state index is 4.95. The van der Waals surface area contributed by atoms with Gasteiger partial charge >= 0.3 is 0 Å². The number of benzene rings is 1. The molecule has 0 heteroatoms. The van der Waals surface area contributed by atoms with E-state index < -0.39 is 0 Å². The van der Waals surface area contributed by atoms with Crippen molar-refractivity contribution < 1.29 is 0 Å². The summed E-state index contributed by atoms with van der Waals surface area (Å²) in [5.41, 5.74) is 15.5. The number of fused-ring (bicyclic) bond motifs is 3. The van der Waals surface area contributed by atoms with Gasteiger partial charge in [-0.15, -0.1) is 0 Å². The van der Waals surface area contributed by atoms with Gasteiger partial charge in [-0.25, -0.2) is 0 Å². The number of hydrogen-bond donors (Lipinski definition) is 0. The molecule has 41 heavy (non-hydrogen) atoms. The molecule has 0 amide bonds. The van der Waals surface area contributed by atoms with Crippen LogP contribution in [0.3, 0.4) is 0 Å². The van der Waals surface area contributed by atoms with E-state index in [-0.39, 0.29) is 16.2 Å². The highest BCUT2D eigenvalue weighted by atomic mass is 14.7. The van der Waals surface area contributed by atoms with Crippen LogP contribution >= 0.6 is 0 Å². The number of allylic oxidation sites excluding steroid dienone is 7. The van der Waals surface area contributed by atoms with Crippen LogP contribution in [0.1, 0.15) is 135 Å². The van der Waals surface area contributed by atoms with Gasteiger partial charge in [-0.3, -0.25) is 0 Å². The highest BCUT2D eigenvalue weighted by molar-refractivity contribution is 5.88. The van der Waals surface area contributed by atoms with Crippen molar-refractivity contribution in [2.24, 2.45) is 34.0 Å². The Balaban J connectivity index is 1.61. The second-order valence-corrected chi connectivity index (χ2v) is 15.5. The van der Waals surface area contributed by atoms with Crippen LogP contribution in [0.2, 0.25) is 0 Å². The van der Waals surface area contributed by atoms with Gasteiger partial charge in [0.25, 0.3) is 0 Å². The third kappa shape index (κ3) is 4.05. The second kappa shape index (κ2) is 10.3. The first kappa shape index (κ1) is 30.4. The van der Waals surface area contributed by atoms with Crippen LogP contribution in [0.4, 0.5) is 0 Å². The molecular formula is C41H58. The lowest BCUT2D eigenvalue weighted by molar-refractivity contribution is -0.0260. The van der Waals surface area contributed by atoms with E-state index in [9.17, 15) is 0 Å². The molecular weight excluding hydrogens is 492 g/mol. The quantitative estimate of drug-likeness (QED) is 0.342. The van der Waals surface area contributed by atoms with Crippen molar-refractivity contribution in [2.75, 3.05) is 0 Å². The van der Waals surface area contributed by atoms with Crippen LogP contribution in [-0.2, 0) is 6.42 Å². The fraction of sp³-hybridized carbons (Fsp3) is 0.610. The minimum Gasteiger partial charge on any atom is -0.0955 e. The van der Waals surface area contributed by atoms with Crippen molar-refractivity contribution in [3.8, 4) is 0 Å². The Bertz CT molecular complexity index is 1370. The van der Waals surface area contributed by atoms with E-state index in [1.54, 1.807) is 5.56 Å². The van der Waals surface area contributed by atoms with E-state index in [0.29, 0.717) is 11.8 Å². The second-order valence-electron chi connectivity index (χ2n) is 15.5. The fourth-order valence-electron chi connectivity index (χ4n) is 10.9. The summed E-state index contributed by atoms with van der Waals surface area (Å²) in [6.45, 7) is 38.5. The molecule has 5 rings (SSSR count). The molecule has 4 aliphatic rings. The van der Waals surface area contributed by atoms with Gasteiger partial charge in [0.2, 0.25) is 0 Å². The number of rotatable bonds is 5. The highest BCUT2D eigenvalue weighted by Crippen LogP contribution is 2.74. The predicted octanol–water partition coefficient (Wildman–Crippen LogP) is 12.1. The Kier molecular flexibility index (Phi) is 7.61. The van der Waals surface area contributed by atoms with E-state index in [0.717, 1.165) is 23.8 Å². The zero-order valence-electron chi connectivity index (χ0n) is 28.2. The Morgan fingerprint density at radius 1 is 0.951 bits per heavy atom. The SMILES string of the molecule is C=C(C)C1=C(C)C[C@@]2(C)[C@H](C)[C@]3(C)C(=C(C)[C@@]2(C)C1=C)C(=C)c1c(ccc(CC2CCC(CCC)CC2)c1C)C3C. The molecule has 0 spiro atoms.